The van der Waals surface area contributed by atoms with Crippen molar-refractivity contribution in [3.05, 3.63) is 0 Å². The van der Waals surface area contributed by atoms with E-state index in [0.717, 1.165) is 0 Å². The molecule has 7 atom stereocenters. The van der Waals surface area contributed by atoms with E-state index < -0.39 is 0 Å². The van der Waals surface area contributed by atoms with Crippen LogP contribution in [0.2, 0.25) is 0 Å². The topological polar surface area (TPSA) is 62.6 Å². The summed E-state index contributed by atoms with van der Waals surface area (Å²) in [5, 5.41) is 9.05. The van der Waals surface area contributed by atoms with Gasteiger partial charge in [0.1, 0.15) is 12.2 Å². The molecule has 4 nitrogen and oxygen atoms in total. The number of rotatable bonds is 1. The lowest BCUT2D eigenvalue weighted by molar-refractivity contribution is -0.150. The summed E-state index contributed by atoms with van der Waals surface area (Å²) in [6.45, 7) is 1.41. The van der Waals surface area contributed by atoms with Crippen LogP contribution in [0, 0.1) is 34.5 Å². The highest BCUT2D eigenvalue weighted by Gasteiger charge is 2.98. The Morgan fingerprint density at radius 2 is 2.21 bits per heavy atom. The molecule has 0 aromatic rings. The van der Waals surface area contributed by atoms with E-state index in [1.165, 1.54) is 6.92 Å². The molecule has 0 spiro atoms. The summed E-state index contributed by atoms with van der Waals surface area (Å²) in [6, 6.07) is 2.38. The van der Waals surface area contributed by atoms with Crippen LogP contribution in [0.3, 0.4) is 0 Å². The summed E-state index contributed by atoms with van der Waals surface area (Å²) < 4.78 is 10.7. The molecule has 5 aliphatic rings. The van der Waals surface area contributed by atoms with Crippen LogP contribution in [-0.4, -0.2) is 24.3 Å². The molecule has 0 aromatic carbocycles. The highest BCUT2D eigenvalue weighted by molar-refractivity contribution is 5.67. The number of ether oxygens (including phenoxy) is 2. The maximum absolute atomic E-state index is 10.9. The second-order valence-electron chi connectivity index (χ2n) is 4.76. The molecule has 0 radical (unpaired) electrons. The average Bonchev–Trinajstić information content (AvgIpc) is 2.99. The predicted molar refractivity (Wildman–Crippen MR) is 42.7 cm³/mol. The predicted octanol–water partition coefficient (Wildman–Crippen LogP) is 0.0849. The van der Waals surface area contributed by atoms with Gasteiger partial charge in [0.25, 0.3) is 0 Å². The van der Waals surface area contributed by atoms with Crippen LogP contribution in [0.4, 0.5) is 0 Å². The lowest BCUT2D eigenvalue weighted by Gasteiger charge is -2.26. The van der Waals surface area contributed by atoms with Gasteiger partial charge in [0.05, 0.1) is 17.6 Å². The second-order valence-corrected chi connectivity index (χ2v) is 4.76. The second kappa shape index (κ2) is 1.70. The molecular weight excluding hydrogens is 182 g/mol. The molecule has 5 rings (SSSR count). The van der Waals surface area contributed by atoms with Gasteiger partial charge in [-0.1, -0.05) is 0 Å². The molecule has 72 valence electrons. The smallest absolute Gasteiger partial charge is 0.303 e. The lowest BCUT2D eigenvalue weighted by atomic mass is 9.81. The first-order valence-electron chi connectivity index (χ1n) is 4.95. The van der Waals surface area contributed by atoms with E-state index >= 15 is 0 Å². The molecule has 1 aliphatic heterocycles. The van der Waals surface area contributed by atoms with E-state index in [-0.39, 0.29) is 35.6 Å². The van der Waals surface area contributed by atoms with E-state index in [9.17, 15) is 4.79 Å². The van der Waals surface area contributed by atoms with E-state index in [1.807, 2.05) is 0 Å². The fraction of sp³-hybridized carbons (Fsp3) is 0.800. The van der Waals surface area contributed by atoms with Gasteiger partial charge in [-0.2, -0.15) is 5.26 Å². The van der Waals surface area contributed by atoms with Gasteiger partial charge < -0.3 is 9.47 Å². The van der Waals surface area contributed by atoms with Crippen molar-refractivity contribution < 1.29 is 14.3 Å². The van der Waals surface area contributed by atoms with Crippen molar-refractivity contribution in [1.82, 2.24) is 0 Å². The molecule has 5 fully saturated rings. The summed E-state index contributed by atoms with van der Waals surface area (Å²) in [5.74, 6) is 0.960. The Bertz CT molecular complexity index is 401. The first-order chi connectivity index (χ1) is 6.71. The summed E-state index contributed by atoms with van der Waals surface area (Å²) in [6.07, 6.45) is 0.190. The average molecular weight is 191 g/mol. The number of esters is 1. The first-order valence-corrected chi connectivity index (χ1v) is 4.95. The van der Waals surface area contributed by atoms with Gasteiger partial charge in [-0.25, -0.2) is 0 Å². The summed E-state index contributed by atoms with van der Waals surface area (Å²) >= 11 is 0. The van der Waals surface area contributed by atoms with Crippen molar-refractivity contribution in [2.75, 3.05) is 0 Å². The zero-order valence-corrected chi connectivity index (χ0v) is 7.64. The van der Waals surface area contributed by atoms with Crippen LogP contribution in [0.25, 0.3) is 0 Å². The maximum Gasteiger partial charge on any atom is 0.303 e. The fourth-order valence-electron chi connectivity index (χ4n) is 3.66. The van der Waals surface area contributed by atoms with E-state index in [0.29, 0.717) is 11.8 Å². The number of carbonyl (C=O) groups excluding carboxylic acids is 1. The number of epoxide rings is 1. The summed E-state index contributed by atoms with van der Waals surface area (Å²) in [4.78, 5) is 10.9. The molecule has 0 amide bonds. The molecule has 2 bridgehead atoms. The molecule has 4 heteroatoms. The molecule has 14 heavy (non-hydrogen) atoms. The number of nitrogens with zero attached hydrogens (tertiary/aromatic N) is 1. The number of carbonyl (C=O) groups is 1. The first kappa shape index (κ1) is 7.24. The quantitative estimate of drug-likeness (QED) is 0.435. The Morgan fingerprint density at radius 3 is 2.79 bits per heavy atom. The Labute approximate surface area is 80.8 Å². The molecule has 4 saturated carbocycles. The monoisotopic (exact) mass is 191 g/mol. The molecular formula is C10H9NO3. The number of hydrogen-bond donors (Lipinski definition) is 0. The third-order valence-electron chi connectivity index (χ3n) is 4.30. The molecule has 4 aliphatic carbocycles. The zero-order chi connectivity index (χ0) is 9.66. The Hall–Kier alpha value is -1.08. The van der Waals surface area contributed by atoms with Gasteiger partial charge in [-0.05, 0) is 5.92 Å². The molecule has 0 unspecified atom stereocenters. The Kier molecular flexibility index (Phi) is 0.879. The fourth-order valence-corrected chi connectivity index (χ4v) is 3.66. The van der Waals surface area contributed by atoms with Gasteiger partial charge >= 0.3 is 5.97 Å². The molecule has 0 N–H and O–H groups in total. The molecule has 0 aromatic heterocycles. The molecule has 1 saturated heterocycles. The van der Waals surface area contributed by atoms with Gasteiger partial charge in [0.2, 0.25) is 0 Å². The van der Waals surface area contributed by atoms with E-state index in [1.54, 1.807) is 0 Å². The lowest BCUT2D eigenvalue weighted by Crippen LogP contribution is -2.39. The van der Waals surface area contributed by atoms with Crippen LogP contribution in [-0.2, 0) is 14.3 Å². The van der Waals surface area contributed by atoms with Gasteiger partial charge in [-0.15, -0.1) is 0 Å². The van der Waals surface area contributed by atoms with Crippen molar-refractivity contribution in [3.8, 4) is 6.07 Å². The Morgan fingerprint density at radius 1 is 1.43 bits per heavy atom. The van der Waals surface area contributed by atoms with Crippen molar-refractivity contribution in [2.24, 2.45) is 23.2 Å². The van der Waals surface area contributed by atoms with E-state index in [2.05, 4.69) is 6.07 Å². The minimum absolute atomic E-state index is 0.106. The van der Waals surface area contributed by atoms with Crippen LogP contribution in [0.1, 0.15) is 6.92 Å². The number of nitriles is 1. The largest absolute Gasteiger partial charge is 0.459 e. The Balaban J connectivity index is 1.64. The minimum atomic E-state index is -0.262. The minimum Gasteiger partial charge on any atom is -0.459 e. The number of hydrogen-bond acceptors (Lipinski definition) is 4. The van der Waals surface area contributed by atoms with Crippen molar-refractivity contribution in [2.45, 2.75) is 25.2 Å². The molecule has 1 heterocycles. The van der Waals surface area contributed by atoms with Crippen molar-refractivity contribution in [1.29, 1.82) is 5.26 Å². The van der Waals surface area contributed by atoms with Crippen LogP contribution in [0.5, 0.6) is 0 Å². The third kappa shape index (κ3) is 0.510. The summed E-state index contributed by atoms with van der Waals surface area (Å²) in [5.41, 5.74) is -0.155. The van der Waals surface area contributed by atoms with Gasteiger partial charge in [0, 0.05) is 18.8 Å². The zero-order valence-electron chi connectivity index (χ0n) is 7.64. The van der Waals surface area contributed by atoms with Crippen molar-refractivity contribution in [3.63, 3.8) is 0 Å². The van der Waals surface area contributed by atoms with Crippen LogP contribution < -0.4 is 0 Å². The normalized spacial score (nSPS) is 64.3. The van der Waals surface area contributed by atoms with Crippen molar-refractivity contribution >= 4 is 5.97 Å². The standard InChI is InChI=1S/C10H9NO3/c1-3(12)13-7-5-4-6(8-9(7)14-8)10(4,5)2-11/h4-9H,1H3/t4-,5+,6+,7-,8+,9-,10+/m1/s1. The van der Waals surface area contributed by atoms with Gasteiger partial charge in [0.15, 0.2) is 0 Å². The SMILES string of the molecule is CC(=O)O[C@H]1[C@H]2O[C@H]2[C@@H]2[C@H]3[C@@H]1[C@]32C#N. The van der Waals surface area contributed by atoms with Crippen LogP contribution >= 0.6 is 0 Å². The van der Waals surface area contributed by atoms with E-state index in [4.69, 9.17) is 14.7 Å². The van der Waals surface area contributed by atoms with Crippen LogP contribution in [0.15, 0.2) is 0 Å². The maximum atomic E-state index is 10.9. The summed E-state index contributed by atoms with van der Waals surface area (Å²) in [7, 11) is 0. The van der Waals surface area contributed by atoms with Gasteiger partial charge in [-0.3, -0.25) is 4.79 Å². The highest BCUT2D eigenvalue weighted by atomic mass is 16.6. The third-order valence-corrected chi connectivity index (χ3v) is 4.30. The highest BCUT2D eigenvalue weighted by Crippen LogP contribution is 2.91.